The predicted molar refractivity (Wildman–Crippen MR) is 102 cm³/mol. The molecule has 0 bridgehead atoms. The van der Waals surface area contributed by atoms with Crippen molar-refractivity contribution in [1.82, 2.24) is 14.8 Å². The summed E-state index contributed by atoms with van der Waals surface area (Å²) in [5.41, 5.74) is 0.0466. The highest BCUT2D eigenvalue weighted by molar-refractivity contribution is 7.16. The molecule has 3 aromatic rings. The SMILES string of the molecule is Cc1nc(C(C)(C)c2cccc(C(F)(F)F)c2)sc1NC(=O)c1ccnn1C. The second kappa shape index (κ2) is 7.05. The summed E-state index contributed by atoms with van der Waals surface area (Å²) in [7, 11) is 1.66. The molecule has 0 fully saturated rings. The van der Waals surface area contributed by atoms with Gasteiger partial charge in [-0.3, -0.25) is 9.48 Å². The average Bonchev–Trinajstić information content (AvgIpc) is 3.20. The fourth-order valence-corrected chi connectivity index (χ4v) is 3.84. The largest absolute Gasteiger partial charge is 0.416 e. The van der Waals surface area contributed by atoms with E-state index in [0.717, 1.165) is 12.1 Å². The van der Waals surface area contributed by atoms with Crippen molar-refractivity contribution in [3.63, 3.8) is 0 Å². The number of hydrogen-bond acceptors (Lipinski definition) is 4. The molecule has 1 aromatic carbocycles. The lowest BCUT2D eigenvalue weighted by atomic mass is 9.84. The summed E-state index contributed by atoms with van der Waals surface area (Å²) in [6.45, 7) is 5.38. The number of anilines is 1. The molecule has 2 aromatic heterocycles. The Labute approximate surface area is 164 Å². The summed E-state index contributed by atoms with van der Waals surface area (Å²) < 4.78 is 40.7. The monoisotopic (exact) mass is 408 g/mol. The molecule has 0 aliphatic carbocycles. The minimum atomic E-state index is -4.41. The van der Waals surface area contributed by atoms with E-state index in [2.05, 4.69) is 15.4 Å². The van der Waals surface area contributed by atoms with Crippen molar-refractivity contribution in [2.24, 2.45) is 7.05 Å². The number of hydrogen-bond donors (Lipinski definition) is 1. The van der Waals surface area contributed by atoms with Gasteiger partial charge in [-0.25, -0.2) is 4.98 Å². The molecular weight excluding hydrogens is 389 g/mol. The number of halogens is 3. The molecule has 0 unspecified atom stereocenters. The van der Waals surface area contributed by atoms with Gasteiger partial charge in [0.2, 0.25) is 0 Å². The summed E-state index contributed by atoms with van der Waals surface area (Å²) in [5, 5.41) is 7.95. The van der Waals surface area contributed by atoms with E-state index >= 15 is 0 Å². The van der Waals surface area contributed by atoms with Crippen molar-refractivity contribution >= 4 is 22.2 Å². The quantitative estimate of drug-likeness (QED) is 0.676. The van der Waals surface area contributed by atoms with Gasteiger partial charge in [-0.15, -0.1) is 11.3 Å². The third kappa shape index (κ3) is 3.80. The van der Waals surface area contributed by atoms with Crippen molar-refractivity contribution < 1.29 is 18.0 Å². The zero-order valence-corrected chi connectivity index (χ0v) is 16.6. The maximum atomic E-state index is 13.1. The van der Waals surface area contributed by atoms with Crippen molar-refractivity contribution in [3.8, 4) is 0 Å². The molecule has 1 N–H and O–H groups in total. The van der Waals surface area contributed by atoms with E-state index in [0.29, 0.717) is 27.0 Å². The Morgan fingerprint density at radius 2 is 1.86 bits per heavy atom. The van der Waals surface area contributed by atoms with Crippen LogP contribution in [0, 0.1) is 6.92 Å². The second-order valence-electron chi connectivity index (χ2n) is 6.93. The molecule has 0 aliphatic heterocycles. The molecule has 148 valence electrons. The number of nitrogens with one attached hydrogen (secondary N) is 1. The van der Waals surface area contributed by atoms with Gasteiger partial charge in [0.15, 0.2) is 0 Å². The fraction of sp³-hybridized carbons (Fsp3) is 0.316. The Bertz CT molecular complexity index is 1020. The van der Waals surface area contributed by atoms with Crippen LogP contribution in [0.15, 0.2) is 36.5 Å². The number of alkyl halides is 3. The van der Waals surface area contributed by atoms with E-state index in [1.807, 2.05) is 13.8 Å². The van der Waals surface area contributed by atoms with E-state index in [1.165, 1.54) is 28.3 Å². The molecule has 3 rings (SSSR count). The first-order valence-corrected chi connectivity index (χ1v) is 9.27. The minimum Gasteiger partial charge on any atom is -0.311 e. The van der Waals surface area contributed by atoms with Crippen molar-refractivity contribution in [1.29, 1.82) is 0 Å². The molecule has 0 atom stereocenters. The molecule has 0 aliphatic rings. The van der Waals surface area contributed by atoms with E-state index < -0.39 is 17.2 Å². The van der Waals surface area contributed by atoms with E-state index in [4.69, 9.17) is 0 Å². The van der Waals surface area contributed by atoms with Crippen LogP contribution >= 0.6 is 11.3 Å². The van der Waals surface area contributed by atoms with Crippen LogP contribution in [-0.2, 0) is 18.6 Å². The van der Waals surface area contributed by atoms with Gasteiger partial charge in [0, 0.05) is 18.7 Å². The van der Waals surface area contributed by atoms with E-state index in [1.54, 1.807) is 26.1 Å². The van der Waals surface area contributed by atoms with Gasteiger partial charge < -0.3 is 5.32 Å². The standard InChI is InChI=1S/C19H19F3N4OS/c1-11-16(25-15(27)14-8-9-23-26(14)4)28-17(24-11)18(2,3)12-6-5-7-13(10-12)19(20,21)22/h5-10H,1-4H3,(H,25,27). The molecule has 5 nitrogen and oxygen atoms in total. The molecular formula is C19H19F3N4OS. The first-order chi connectivity index (χ1) is 13.0. The van der Waals surface area contributed by atoms with Crippen LogP contribution in [0.3, 0.4) is 0 Å². The highest BCUT2D eigenvalue weighted by Gasteiger charge is 2.34. The molecule has 28 heavy (non-hydrogen) atoms. The minimum absolute atomic E-state index is 0.324. The Hall–Kier alpha value is -2.68. The van der Waals surface area contributed by atoms with E-state index in [9.17, 15) is 18.0 Å². The molecule has 1 amide bonds. The first-order valence-electron chi connectivity index (χ1n) is 8.45. The van der Waals surface area contributed by atoms with Crippen LogP contribution in [0.2, 0.25) is 0 Å². The highest BCUT2D eigenvalue weighted by atomic mass is 32.1. The average molecular weight is 408 g/mol. The Balaban J connectivity index is 1.91. The summed E-state index contributed by atoms with van der Waals surface area (Å²) in [6.07, 6.45) is -2.89. The number of benzene rings is 1. The maximum absolute atomic E-state index is 13.1. The van der Waals surface area contributed by atoms with Crippen LogP contribution in [-0.4, -0.2) is 20.7 Å². The van der Waals surface area contributed by atoms with Gasteiger partial charge in [0.1, 0.15) is 15.7 Å². The molecule has 0 radical (unpaired) electrons. The molecule has 2 heterocycles. The molecule has 9 heteroatoms. The third-order valence-electron chi connectivity index (χ3n) is 4.52. The summed E-state index contributed by atoms with van der Waals surface area (Å²) in [6, 6.07) is 6.83. The second-order valence-corrected chi connectivity index (χ2v) is 7.93. The fourth-order valence-electron chi connectivity index (χ4n) is 2.75. The maximum Gasteiger partial charge on any atom is 0.416 e. The van der Waals surface area contributed by atoms with Crippen LogP contribution in [0.4, 0.5) is 18.2 Å². The number of thiazole rings is 1. The lowest BCUT2D eigenvalue weighted by Gasteiger charge is -2.23. The van der Waals surface area contributed by atoms with Gasteiger partial charge in [-0.05, 0) is 38.5 Å². The lowest BCUT2D eigenvalue weighted by molar-refractivity contribution is -0.137. The lowest BCUT2D eigenvalue weighted by Crippen LogP contribution is -2.20. The van der Waals surface area contributed by atoms with Crippen LogP contribution in [0.1, 0.15) is 46.2 Å². The third-order valence-corrected chi connectivity index (χ3v) is 5.92. The Morgan fingerprint density at radius 1 is 1.18 bits per heavy atom. The van der Waals surface area contributed by atoms with Gasteiger partial charge >= 0.3 is 6.18 Å². The van der Waals surface area contributed by atoms with Crippen LogP contribution in [0.5, 0.6) is 0 Å². The number of carbonyl (C=O) groups excluding carboxylic acids is 1. The van der Waals surface area contributed by atoms with Gasteiger partial charge in [-0.2, -0.15) is 18.3 Å². The zero-order chi connectivity index (χ0) is 20.7. The number of carbonyl (C=O) groups is 1. The van der Waals surface area contributed by atoms with Crippen LogP contribution < -0.4 is 5.32 Å². The highest BCUT2D eigenvalue weighted by Crippen LogP contribution is 2.39. The Morgan fingerprint density at radius 3 is 2.46 bits per heavy atom. The number of aryl methyl sites for hydroxylation is 2. The predicted octanol–water partition coefficient (Wildman–Crippen LogP) is 4.78. The smallest absolute Gasteiger partial charge is 0.311 e. The molecule has 0 spiro atoms. The van der Waals surface area contributed by atoms with E-state index in [-0.39, 0.29) is 5.91 Å². The van der Waals surface area contributed by atoms with Gasteiger partial charge in [0.05, 0.1) is 11.3 Å². The molecule has 0 saturated heterocycles. The number of nitrogens with zero attached hydrogens (tertiary/aromatic N) is 3. The number of aromatic nitrogens is 3. The summed E-state index contributed by atoms with van der Waals surface area (Å²) in [4.78, 5) is 16.9. The zero-order valence-electron chi connectivity index (χ0n) is 15.8. The summed E-state index contributed by atoms with van der Waals surface area (Å²) >= 11 is 1.25. The van der Waals surface area contributed by atoms with Gasteiger partial charge in [-0.1, -0.05) is 18.2 Å². The van der Waals surface area contributed by atoms with Crippen molar-refractivity contribution in [2.45, 2.75) is 32.4 Å². The number of amides is 1. The Kier molecular flexibility index (Phi) is 5.05. The van der Waals surface area contributed by atoms with Crippen molar-refractivity contribution in [2.75, 3.05) is 5.32 Å². The normalized spacial score (nSPS) is 12.2. The first kappa shape index (κ1) is 20.1. The molecule has 0 saturated carbocycles. The van der Waals surface area contributed by atoms with Crippen molar-refractivity contribution in [3.05, 3.63) is 64.1 Å². The topological polar surface area (TPSA) is 59.8 Å². The number of rotatable bonds is 4. The van der Waals surface area contributed by atoms with Crippen LogP contribution in [0.25, 0.3) is 0 Å². The van der Waals surface area contributed by atoms with Gasteiger partial charge in [0.25, 0.3) is 5.91 Å². The summed E-state index contributed by atoms with van der Waals surface area (Å²) in [5.74, 6) is -0.324.